The van der Waals surface area contributed by atoms with Crippen molar-refractivity contribution >= 4 is 49.9 Å². The van der Waals surface area contributed by atoms with Crippen LogP contribution in [0.3, 0.4) is 0 Å². The number of amides is 1. The first-order chi connectivity index (χ1) is 12.0. The highest BCUT2D eigenvalue weighted by molar-refractivity contribution is 14.1. The van der Waals surface area contributed by atoms with E-state index in [0.29, 0.717) is 42.6 Å². The Labute approximate surface area is 164 Å². The molecule has 1 saturated heterocycles. The molecular weight excluding hydrogens is 475 g/mol. The Morgan fingerprint density at radius 2 is 1.84 bits per heavy atom. The minimum Gasteiger partial charge on any atom is -0.379 e. The van der Waals surface area contributed by atoms with Gasteiger partial charge in [-0.25, -0.2) is 8.42 Å². The van der Waals surface area contributed by atoms with E-state index in [4.69, 9.17) is 4.74 Å². The molecule has 1 N–H and O–H groups in total. The van der Waals surface area contributed by atoms with Crippen LogP contribution in [0.25, 0.3) is 0 Å². The van der Waals surface area contributed by atoms with Gasteiger partial charge in [-0.05, 0) is 59.0 Å². The Morgan fingerprint density at radius 1 is 1.16 bits per heavy atom. The summed E-state index contributed by atoms with van der Waals surface area (Å²) in [6.45, 7) is 1.89. The van der Waals surface area contributed by atoms with Crippen molar-refractivity contribution in [3.63, 3.8) is 0 Å². The molecule has 134 valence electrons. The summed E-state index contributed by atoms with van der Waals surface area (Å²) in [4.78, 5) is 12.9. The van der Waals surface area contributed by atoms with E-state index in [0.717, 1.165) is 8.45 Å². The van der Waals surface area contributed by atoms with Crippen LogP contribution in [0.5, 0.6) is 0 Å². The van der Waals surface area contributed by atoms with Crippen LogP contribution in [-0.2, 0) is 21.3 Å². The van der Waals surface area contributed by atoms with Gasteiger partial charge in [-0.15, -0.1) is 11.3 Å². The van der Waals surface area contributed by atoms with Crippen LogP contribution in [0.15, 0.2) is 40.6 Å². The molecule has 2 aromatic rings. The van der Waals surface area contributed by atoms with Crippen LogP contribution in [0, 0.1) is 3.57 Å². The van der Waals surface area contributed by atoms with E-state index in [1.165, 1.54) is 15.6 Å². The molecule has 0 spiro atoms. The lowest BCUT2D eigenvalue weighted by molar-refractivity contribution is 0.0731. The van der Waals surface area contributed by atoms with Gasteiger partial charge >= 0.3 is 0 Å². The normalized spacial score (nSPS) is 15.9. The highest BCUT2D eigenvalue weighted by atomic mass is 127. The van der Waals surface area contributed by atoms with E-state index in [1.807, 2.05) is 12.1 Å². The summed E-state index contributed by atoms with van der Waals surface area (Å²) in [5.74, 6) is -0.178. The zero-order valence-electron chi connectivity index (χ0n) is 13.3. The molecule has 1 aliphatic rings. The minimum absolute atomic E-state index is 0.178. The van der Waals surface area contributed by atoms with E-state index in [-0.39, 0.29) is 5.91 Å². The third kappa shape index (κ3) is 4.59. The van der Waals surface area contributed by atoms with Gasteiger partial charge in [-0.1, -0.05) is 0 Å². The Morgan fingerprint density at radius 3 is 2.52 bits per heavy atom. The van der Waals surface area contributed by atoms with Gasteiger partial charge in [0.25, 0.3) is 15.9 Å². The number of carbonyl (C=O) groups excluding carboxylic acids is 1. The maximum absolute atomic E-state index is 12.6. The molecule has 1 aromatic carbocycles. The summed E-state index contributed by atoms with van der Waals surface area (Å²) in [5.41, 5.74) is 0.582. The van der Waals surface area contributed by atoms with Crippen molar-refractivity contribution in [2.75, 3.05) is 26.3 Å². The maximum atomic E-state index is 12.6. The van der Waals surface area contributed by atoms with Crippen molar-refractivity contribution in [2.45, 2.75) is 10.8 Å². The first kappa shape index (κ1) is 18.8. The number of ether oxygens (including phenoxy) is 1. The van der Waals surface area contributed by atoms with Crippen LogP contribution in [0.4, 0.5) is 0 Å². The number of nitrogens with zero attached hydrogens (tertiary/aromatic N) is 1. The standard InChI is InChI=1S/C16H17IN2O4S2/c17-13-3-1-12(2-4-13)16(20)18-11-14-5-6-15(24-14)25(21,22)19-7-9-23-10-8-19/h1-6H,7-11H2,(H,18,20). The van der Waals surface area contributed by atoms with Gasteiger partial charge in [0, 0.05) is 27.1 Å². The molecule has 0 aliphatic carbocycles. The maximum Gasteiger partial charge on any atom is 0.252 e. The third-order valence-electron chi connectivity index (χ3n) is 3.73. The van der Waals surface area contributed by atoms with Gasteiger partial charge in [0.15, 0.2) is 0 Å². The van der Waals surface area contributed by atoms with Gasteiger partial charge in [-0.2, -0.15) is 4.31 Å². The van der Waals surface area contributed by atoms with Crippen molar-refractivity contribution in [1.82, 2.24) is 9.62 Å². The number of rotatable bonds is 5. The highest BCUT2D eigenvalue weighted by Crippen LogP contribution is 2.25. The fraction of sp³-hybridized carbons (Fsp3) is 0.312. The second kappa shape index (κ2) is 8.12. The van der Waals surface area contributed by atoms with Crippen LogP contribution >= 0.6 is 33.9 Å². The predicted octanol–water partition coefficient (Wildman–Crippen LogP) is 2.30. The SMILES string of the molecule is O=C(NCc1ccc(S(=O)(=O)N2CCOCC2)s1)c1ccc(I)cc1. The Kier molecular flexibility index (Phi) is 6.10. The van der Waals surface area contributed by atoms with Gasteiger partial charge < -0.3 is 10.1 Å². The van der Waals surface area contributed by atoms with Crippen LogP contribution < -0.4 is 5.32 Å². The molecule has 1 aromatic heterocycles. The Balaban J connectivity index is 1.63. The topological polar surface area (TPSA) is 75.7 Å². The van der Waals surface area contributed by atoms with Crippen molar-refractivity contribution in [1.29, 1.82) is 0 Å². The summed E-state index contributed by atoms with van der Waals surface area (Å²) in [5, 5.41) is 2.82. The van der Waals surface area contributed by atoms with Crippen molar-refractivity contribution in [2.24, 2.45) is 0 Å². The van der Waals surface area contributed by atoms with Crippen molar-refractivity contribution in [3.05, 3.63) is 50.4 Å². The molecule has 0 atom stereocenters. The average molecular weight is 492 g/mol. The average Bonchev–Trinajstić information content (AvgIpc) is 3.11. The number of hydrogen-bond acceptors (Lipinski definition) is 5. The number of halogens is 1. The number of thiophene rings is 1. The Bertz CT molecular complexity index is 843. The lowest BCUT2D eigenvalue weighted by atomic mass is 10.2. The summed E-state index contributed by atoms with van der Waals surface area (Å²) in [7, 11) is -3.48. The van der Waals surface area contributed by atoms with Crippen LogP contribution in [-0.4, -0.2) is 44.9 Å². The largest absolute Gasteiger partial charge is 0.379 e. The summed E-state index contributed by atoms with van der Waals surface area (Å²) >= 11 is 3.37. The molecule has 3 rings (SSSR count). The zero-order valence-corrected chi connectivity index (χ0v) is 17.1. The second-order valence-electron chi connectivity index (χ2n) is 5.43. The molecule has 25 heavy (non-hydrogen) atoms. The molecule has 6 nitrogen and oxygen atoms in total. The van der Waals surface area contributed by atoms with Crippen LogP contribution in [0.2, 0.25) is 0 Å². The van der Waals surface area contributed by atoms with Crippen molar-refractivity contribution < 1.29 is 17.9 Å². The van der Waals surface area contributed by atoms with Crippen molar-refractivity contribution in [3.8, 4) is 0 Å². The molecular formula is C16H17IN2O4S2. The van der Waals surface area contributed by atoms with E-state index in [9.17, 15) is 13.2 Å². The van der Waals surface area contributed by atoms with E-state index in [1.54, 1.807) is 24.3 Å². The molecule has 0 bridgehead atoms. The van der Waals surface area contributed by atoms with Crippen LogP contribution in [0.1, 0.15) is 15.2 Å². The number of morpholine rings is 1. The quantitative estimate of drug-likeness (QED) is 0.651. The molecule has 9 heteroatoms. The monoisotopic (exact) mass is 492 g/mol. The number of benzene rings is 1. The third-order valence-corrected chi connectivity index (χ3v) is 7.90. The lowest BCUT2D eigenvalue weighted by Gasteiger charge is -2.25. The van der Waals surface area contributed by atoms with Gasteiger partial charge in [0.2, 0.25) is 0 Å². The fourth-order valence-corrected chi connectivity index (χ4v) is 5.59. The highest BCUT2D eigenvalue weighted by Gasteiger charge is 2.27. The predicted molar refractivity (Wildman–Crippen MR) is 104 cm³/mol. The lowest BCUT2D eigenvalue weighted by Crippen LogP contribution is -2.40. The minimum atomic E-state index is -3.48. The first-order valence-corrected chi connectivity index (χ1v) is 11.0. The van der Waals surface area contributed by atoms with E-state index >= 15 is 0 Å². The number of carbonyl (C=O) groups is 1. The molecule has 1 aliphatic heterocycles. The molecule has 0 radical (unpaired) electrons. The number of sulfonamides is 1. The van der Waals surface area contributed by atoms with E-state index in [2.05, 4.69) is 27.9 Å². The smallest absolute Gasteiger partial charge is 0.252 e. The number of nitrogens with one attached hydrogen (secondary N) is 1. The molecule has 1 fully saturated rings. The van der Waals surface area contributed by atoms with E-state index < -0.39 is 10.0 Å². The summed E-state index contributed by atoms with van der Waals surface area (Å²) in [6.07, 6.45) is 0. The summed E-state index contributed by atoms with van der Waals surface area (Å²) < 4.78 is 33.2. The zero-order chi connectivity index (χ0) is 17.9. The molecule has 2 heterocycles. The molecule has 0 unspecified atom stereocenters. The van der Waals surface area contributed by atoms with Gasteiger partial charge in [0.05, 0.1) is 19.8 Å². The first-order valence-electron chi connectivity index (χ1n) is 7.67. The number of hydrogen-bond donors (Lipinski definition) is 1. The molecule has 1 amide bonds. The van der Waals surface area contributed by atoms with Gasteiger partial charge in [0.1, 0.15) is 4.21 Å². The fourth-order valence-electron chi connectivity index (χ4n) is 2.38. The Hall–Kier alpha value is -1.01. The van der Waals surface area contributed by atoms with Gasteiger partial charge in [-0.3, -0.25) is 4.79 Å². The molecule has 0 saturated carbocycles. The second-order valence-corrected chi connectivity index (χ2v) is 10.0. The summed E-state index contributed by atoms with van der Waals surface area (Å²) in [6, 6.07) is 10.6.